The summed E-state index contributed by atoms with van der Waals surface area (Å²) in [6, 6.07) is 12.3. The highest BCUT2D eigenvalue weighted by atomic mass is 35.5. The van der Waals surface area contributed by atoms with Gasteiger partial charge in [0.05, 0.1) is 17.5 Å². The van der Waals surface area contributed by atoms with Crippen molar-refractivity contribution in [2.45, 2.75) is 108 Å². The third kappa shape index (κ3) is 8.23. The number of nitrogens with zero attached hydrogens (tertiary/aromatic N) is 3. The molecule has 3 heterocycles. The van der Waals surface area contributed by atoms with Gasteiger partial charge in [0.15, 0.2) is 0 Å². The number of sulfonamides is 1. The normalized spacial score (nSPS) is 32.1. The lowest BCUT2D eigenvalue weighted by atomic mass is 9.63. The van der Waals surface area contributed by atoms with Crippen molar-refractivity contribution in [1.82, 2.24) is 14.5 Å². The second-order valence-corrected chi connectivity index (χ2v) is 19.7. The van der Waals surface area contributed by atoms with Gasteiger partial charge in [-0.2, -0.15) is 0 Å². The van der Waals surface area contributed by atoms with Crippen LogP contribution in [0.4, 0.5) is 5.69 Å². The molecule has 6 atom stereocenters. The van der Waals surface area contributed by atoms with E-state index in [0.29, 0.717) is 37.2 Å². The predicted octanol–water partition coefficient (Wildman–Crippen LogP) is 7.46. The first-order chi connectivity index (χ1) is 26.4. The van der Waals surface area contributed by atoms with E-state index < -0.39 is 26.8 Å². The maximum absolute atomic E-state index is 13.7. The fraction of sp³-hybridized carbons (Fsp3) is 0.659. The number of piperazine rings is 1. The van der Waals surface area contributed by atoms with Crippen molar-refractivity contribution in [2.24, 2.45) is 17.8 Å². The number of anilines is 1. The van der Waals surface area contributed by atoms with Crippen LogP contribution in [0, 0.1) is 17.8 Å². The summed E-state index contributed by atoms with van der Waals surface area (Å²) in [7, 11) is -3.96. The van der Waals surface area contributed by atoms with Crippen molar-refractivity contribution < 1.29 is 22.7 Å². The number of benzene rings is 2. The lowest BCUT2D eigenvalue weighted by molar-refractivity contribution is -0.113. The maximum atomic E-state index is 13.7. The molecular weight excluding hydrogens is 732 g/mol. The summed E-state index contributed by atoms with van der Waals surface area (Å²) in [5, 5.41) is -0.0203. The van der Waals surface area contributed by atoms with Gasteiger partial charge in [0, 0.05) is 74.5 Å². The number of amides is 1. The molecule has 2 aromatic rings. The third-order valence-corrected chi connectivity index (χ3v) is 16.1. The Labute approximate surface area is 335 Å². The molecule has 2 aliphatic carbocycles. The van der Waals surface area contributed by atoms with E-state index in [1.54, 1.807) is 13.0 Å². The average molecular weight is 796 g/mol. The van der Waals surface area contributed by atoms with Crippen LogP contribution in [0.25, 0.3) is 0 Å². The average Bonchev–Trinajstić information content (AvgIpc) is 3.30. The van der Waals surface area contributed by atoms with Gasteiger partial charge in [-0.15, -0.1) is 0 Å². The van der Waals surface area contributed by atoms with E-state index in [-0.39, 0.29) is 17.3 Å². The van der Waals surface area contributed by atoms with Gasteiger partial charge in [-0.1, -0.05) is 50.6 Å². The molecule has 1 saturated carbocycles. The predicted molar refractivity (Wildman–Crippen MR) is 222 cm³/mol. The number of fused-ring (bicyclic) bond motifs is 4. The minimum absolute atomic E-state index is 0.213. The molecule has 0 unspecified atom stereocenters. The van der Waals surface area contributed by atoms with Crippen LogP contribution in [0.1, 0.15) is 101 Å². The van der Waals surface area contributed by atoms with Crippen LogP contribution in [-0.2, 0) is 26.6 Å². The van der Waals surface area contributed by atoms with Crippen molar-refractivity contribution >= 4 is 33.2 Å². The zero-order chi connectivity index (χ0) is 39.0. The van der Waals surface area contributed by atoms with Crippen molar-refractivity contribution in [1.29, 1.82) is 0 Å². The van der Waals surface area contributed by atoms with Crippen LogP contribution in [0.2, 0.25) is 5.02 Å². The third-order valence-electron chi connectivity index (χ3n) is 14.0. The first kappa shape index (κ1) is 40.6. The second-order valence-electron chi connectivity index (χ2n) is 17.2. The van der Waals surface area contributed by atoms with Crippen molar-refractivity contribution in [3.05, 3.63) is 70.3 Å². The Morgan fingerprint density at radius 3 is 2.53 bits per heavy atom. The molecule has 1 N–H and O–H groups in total. The molecule has 2 bridgehead atoms. The molecule has 1 saturated heterocycles. The minimum Gasteiger partial charge on any atom is -0.490 e. The lowest BCUT2D eigenvalue weighted by Crippen LogP contribution is -2.60. The van der Waals surface area contributed by atoms with Gasteiger partial charge < -0.3 is 14.4 Å². The van der Waals surface area contributed by atoms with E-state index in [2.05, 4.69) is 64.5 Å². The molecule has 2 aromatic carbocycles. The molecule has 1 spiro atoms. The maximum Gasteiger partial charge on any atom is 0.264 e. The van der Waals surface area contributed by atoms with Gasteiger partial charge in [-0.25, -0.2) is 13.1 Å². The Morgan fingerprint density at radius 2 is 1.82 bits per heavy atom. The summed E-state index contributed by atoms with van der Waals surface area (Å²) < 4.78 is 43.5. The van der Waals surface area contributed by atoms with E-state index >= 15 is 0 Å². The summed E-state index contributed by atoms with van der Waals surface area (Å²) in [4.78, 5) is 21.4. The van der Waals surface area contributed by atoms with E-state index in [1.807, 2.05) is 25.1 Å². The van der Waals surface area contributed by atoms with Crippen LogP contribution < -0.4 is 14.4 Å². The highest BCUT2D eigenvalue weighted by Crippen LogP contribution is 2.49. The smallest absolute Gasteiger partial charge is 0.264 e. The molecule has 5 aliphatic rings. The number of ether oxygens (including phenoxy) is 2. The van der Waals surface area contributed by atoms with Gasteiger partial charge in [0.25, 0.3) is 5.91 Å². The number of hydrogen-bond acceptors (Lipinski definition) is 8. The Bertz CT molecular complexity index is 1830. The van der Waals surface area contributed by atoms with E-state index in [1.165, 1.54) is 24.0 Å². The monoisotopic (exact) mass is 794 g/mol. The largest absolute Gasteiger partial charge is 0.490 e. The van der Waals surface area contributed by atoms with Crippen molar-refractivity contribution in [2.75, 3.05) is 63.9 Å². The number of carbonyl (C=O) groups excluding carboxylic acids is 1. The van der Waals surface area contributed by atoms with Crippen molar-refractivity contribution in [3.63, 3.8) is 0 Å². The van der Waals surface area contributed by atoms with Crippen LogP contribution >= 0.6 is 11.6 Å². The number of nitrogens with one attached hydrogen (secondary N) is 1. The van der Waals surface area contributed by atoms with Crippen LogP contribution in [0.3, 0.4) is 0 Å². The van der Waals surface area contributed by atoms with Gasteiger partial charge in [0.2, 0.25) is 10.0 Å². The summed E-state index contributed by atoms with van der Waals surface area (Å²) >= 11 is 6.53. The zero-order valence-electron chi connectivity index (χ0n) is 33.7. The topological polar surface area (TPSA) is 91.4 Å². The zero-order valence-corrected chi connectivity index (χ0v) is 35.3. The summed E-state index contributed by atoms with van der Waals surface area (Å²) in [5.41, 5.74) is 2.95. The quantitative estimate of drug-likeness (QED) is 0.289. The Balaban J connectivity index is 1.28. The van der Waals surface area contributed by atoms with Crippen molar-refractivity contribution in [3.8, 4) is 5.75 Å². The highest BCUT2D eigenvalue weighted by molar-refractivity contribution is 7.90. The van der Waals surface area contributed by atoms with Crippen LogP contribution in [0.15, 0.2) is 48.6 Å². The highest BCUT2D eigenvalue weighted by Gasteiger charge is 2.50. The Hall–Kier alpha value is -2.63. The Morgan fingerprint density at radius 1 is 1.04 bits per heavy atom. The van der Waals surface area contributed by atoms with E-state index in [9.17, 15) is 13.2 Å². The molecule has 2 fully saturated rings. The first-order valence-electron chi connectivity index (χ1n) is 21.1. The number of carbonyl (C=O) groups is 1. The van der Waals surface area contributed by atoms with Crippen LogP contribution in [-0.4, -0.2) is 100 Å². The molecule has 7 rings (SSSR count). The summed E-state index contributed by atoms with van der Waals surface area (Å²) in [6.07, 6.45) is 12.6. The van der Waals surface area contributed by atoms with Gasteiger partial charge in [0.1, 0.15) is 11.4 Å². The van der Waals surface area contributed by atoms with Crippen LogP contribution in [0.5, 0.6) is 5.75 Å². The molecule has 0 aromatic heterocycles. The number of hydrogen-bond donors (Lipinski definition) is 1. The second kappa shape index (κ2) is 16.7. The molecule has 55 heavy (non-hydrogen) atoms. The molecular formula is C44H63ClN4O5S. The fourth-order valence-electron chi connectivity index (χ4n) is 10.4. The van der Waals surface area contributed by atoms with E-state index in [0.717, 1.165) is 94.4 Å². The van der Waals surface area contributed by atoms with Gasteiger partial charge >= 0.3 is 0 Å². The van der Waals surface area contributed by atoms with Gasteiger partial charge in [-0.05, 0) is 124 Å². The number of halogens is 1. The van der Waals surface area contributed by atoms with Gasteiger partial charge in [-0.3, -0.25) is 14.6 Å². The molecule has 1 amide bonds. The SMILES string of the molecule is CCO[C@]1(CN2CCN(C(CC)CC)CC2)/C=C/C[C@H](C)[C@@H](C)S(=O)(=O)NC(=O)c2ccc3c(c2)N(C[C@@H]2CC[C@H]21)C[C@@]1(CCCc2cc(Cl)ccc21)CO3. The number of allylic oxidation sites excluding steroid dienone is 1. The standard InChI is InChI=1S/C44H63ClN4O5S/c1-6-37(7-2)48-23-21-47(22-24-48)29-44(54-8-3)20-9-11-31(4)32(5)55(51,52)46-42(50)34-14-18-41-40(26-34)49(27-35-13-16-39(35)44)28-43(30-53-41)19-10-12-33-25-36(45)15-17-38(33)43/h9,14-15,17-18,20,25-26,31-32,35,37,39H,6-8,10-13,16,19,21-24,27-30H2,1-5H3,(H,46,50)/b20-9+/t31-,32+,35-,39+,43-,44-/m0/s1. The molecule has 302 valence electrons. The number of rotatable bonds is 7. The lowest BCUT2D eigenvalue weighted by Gasteiger charge is -2.53. The molecule has 9 nitrogen and oxygen atoms in total. The summed E-state index contributed by atoms with van der Waals surface area (Å²) in [6.45, 7) is 17.9. The minimum atomic E-state index is -3.96. The van der Waals surface area contributed by atoms with E-state index in [4.69, 9.17) is 21.1 Å². The number of aryl methyl sites for hydroxylation is 1. The Kier molecular flexibility index (Phi) is 12.3. The fourth-order valence-corrected chi connectivity index (χ4v) is 11.9. The molecule has 3 aliphatic heterocycles. The first-order valence-corrected chi connectivity index (χ1v) is 23.0. The summed E-state index contributed by atoms with van der Waals surface area (Å²) in [5.74, 6) is 0.526. The molecule has 0 radical (unpaired) electrons. The molecule has 11 heteroatoms.